The van der Waals surface area contributed by atoms with E-state index in [0.717, 1.165) is 25.8 Å². The van der Waals surface area contributed by atoms with Gasteiger partial charge in [-0.2, -0.15) is 0 Å². The molecule has 0 aromatic rings. The molecule has 0 spiro atoms. The van der Waals surface area contributed by atoms with Gasteiger partial charge in [-0.15, -0.1) is 0 Å². The lowest BCUT2D eigenvalue weighted by atomic mass is 10.2. The summed E-state index contributed by atoms with van der Waals surface area (Å²) in [5, 5.41) is 2.71. The summed E-state index contributed by atoms with van der Waals surface area (Å²) < 4.78 is 26.6. The average molecular weight is 248 g/mol. The van der Waals surface area contributed by atoms with Crippen LogP contribution in [0.2, 0.25) is 0 Å². The zero-order valence-electron chi connectivity index (χ0n) is 10.5. The van der Waals surface area contributed by atoms with Crippen LogP contribution in [0.3, 0.4) is 0 Å². The summed E-state index contributed by atoms with van der Waals surface area (Å²) in [6.45, 7) is 7.20. The summed E-state index contributed by atoms with van der Waals surface area (Å²) in [4.78, 5) is 0. The van der Waals surface area contributed by atoms with Gasteiger partial charge in [0.05, 0.1) is 5.25 Å². The largest absolute Gasteiger partial charge is 0.316 e. The van der Waals surface area contributed by atoms with E-state index in [-0.39, 0.29) is 11.3 Å². The molecule has 2 N–H and O–H groups in total. The van der Waals surface area contributed by atoms with Crippen molar-refractivity contribution in [1.29, 1.82) is 0 Å². The molecule has 1 fully saturated rings. The van der Waals surface area contributed by atoms with E-state index in [1.165, 1.54) is 0 Å². The van der Waals surface area contributed by atoms with Gasteiger partial charge in [-0.05, 0) is 32.2 Å². The van der Waals surface area contributed by atoms with E-state index in [0.29, 0.717) is 12.5 Å². The molecule has 0 heterocycles. The lowest BCUT2D eigenvalue weighted by molar-refractivity contribution is 0.553. The predicted molar refractivity (Wildman–Crippen MR) is 66.9 cm³/mol. The Hall–Kier alpha value is -0.130. The fraction of sp³-hybridized carbons (Fsp3) is 1.00. The van der Waals surface area contributed by atoms with Crippen molar-refractivity contribution in [2.45, 2.75) is 51.3 Å². The van der Waals surface area contributed by atoms with Gasteiger partial charge in [0.25, 0.3) is 0 Å². The Kier molecular flexibility index (Phi) is 5.21. The van der Waals surface area contributed by atoms with Crippen LogP contribution in [0, 0.1) is 5.92 Å². The maximum atomic E-state index is 11.9. The highest BCUT2D eigenvalue weighted by atomic mass is 32.2. The first-order chi connectivity index (χ1) is 7.51. The van der Waals surface area contributed by atoms with E-state index in [2.05, 4.69) is 17.0 Å². The minimum atomic E-state index is -3.13. The van der Waals surface area contributed by atoms with Gasteiger partial charge in [-0.25, -0.2) is 13.1 Å². The first-order valence-electron chi connectivity index (χ1n) is 6.23. The molecule has 0 amide bonds. The number of nitrogens with one attached hydrogen (secondary N) is 2. The maximum Gasteiger partial charge on any atom is 0.215 e. The van der Waals surface area contributed by atoms with Crippen LogP contribution in [0.25, 0.3) is 0 Å². The number of rotatable bonds is 8. The van der Waals surface area contributed by atoms with Crippen molar-refractivity contribution in [3.05, 3.63) is 0 Å². The molecule has 0 aromatic heterocycles. The van der Waals surface area contributed by atoms with Crippen molar-refractivity contribution in [2.75, 3.05) is 13.1 Å². The summed E-state index contributed by atoms with van der Waals surface area (Å²) in [7, 11) is -3.13. The highest BCUT2D eigenvalue weighted by Crippen LogP contribution is 2.35. The van der Waals surface area contributed by atoms with Crippen LogP contribution in [0.4, 0.5) is 0 Å². The quantitative estimate of drug-likeness (QED) is 0.676. The molecule has 0 radical (unpaired) electrons. The molecule has 4 nitrogen and oxygen atoms in total. The monoisotopic (exact) mass is 248 g/mol. The van der Waals surface area contributed by atoms with Crippen LogP contribution in [-0.4, -0.2) is 32.8 Å². The van der Waals surface area contributed by atoms with Crippen LogP contribution in [0.15, 0.2) is 0 Å². The summed E-state index contributed by atoms with van der Waals surface area (Å²) in [5.41, 5.74) is 0. The Morgan fingerprint density at radius 1 is 1.38 bits per heavy atom. The first kappa shape index (κ1) is 13.9. The fourth-order valence-electron chi connectivity index (χ4n) is 1.87. The van der Waals surface area contributed by atoms with Crippen molar-refractivity contribution in [3.63, 3.8) is 0 Å². The predicted octanol–water partition coefficient (Wildman–Crippen LogP) is 1.09. The normalized spacial score (nSPS) is 26.7. The summed E-state index contributed by atoms with van der Waals surface area (Å²) in [5.74, 6) is 0.575. The molecular formula is C11H24N2O2S. The summed E-state index contributed by atoms with van der Waals surface area (Å²) in [6, 6.07) is 0.203. The maximum absolute atomic E-state index is 11.9. The van der Waals surface area contributed by atoms with Crippen LogP contribution >= 0.6 is 0 Å². The molecule has 96 valence electrons. The molecule has 0 bridgehead atoms. The molecule has 5 heteroatoms. The molecule has 16 heavy (non-hydrogen) atoms. The van der Waals surface area contributed by atoms with Gasteiger partial charge in [0.1, 0.15) is 0 Å². The zero-order chi connectivity index (χ0) is 12.2. The van der Waals surface area contributed by atoms with Crippen LogP contribution in [-0.2, 0) is 10.0 Å². The first-order valence-corrected chi connectivity index (χ1v) is 7.77. The minimum Gasteiger partial charge on any atom is -0.316 e. The second kappa shape index (κ2) is 5.98. The van der Waals surface area contributed by atoms with Gasteiger partial charge in [0.15, 0.2) is 0 Å². The van der Waals surface area contributed by atoms with Crippen molar-refractivity contribution in [1.82, 2.24) is 10.0 Å². The highest BCUT2D eigenvalue weighted by Gasteiger charge is 2.39. The SMILES string of the molecule is CCCC1CC1NS(=O)(=O)C(C)CNCC. The fourth-order valence-corrected chi connectivity index (χ4v) is 3.15. The zero-order valence-corrected chi connectivity index (χ0v) is 11.3. The molecule has 3 unspecified atom stereocenters. The molecule has 1 saturated carbocycles. The van der Waals surface area contributed by atoms with Gasteiger partial charge in [-0.3, -0.25) is 0 Å². The lowest BCUT2D eigenvalue weighted by Crippen LogP contribution is -2.40. The highest BCUT2D eigenvalue weighted by molar-refractivity contribution is 7.90. The van der Waals surface area contributed by atoms with E-state index < -0.39 is 10.0 Å². The Bertz CT molecular complexity index is 303. The Morgan fingerprint density at radius 2 is 2.06 bits per heavy atom. The third-order valence-corrected chi connectivity index (χ3v) is 4.97. The third-order valence-electron chi connectivity index (χ3n) is 3.11. The number of hydrogen-bond acceptors (Lipinski definition) is 3. The van der Waals surface area contributed by atoms with Crippen LogP contribution in [0.5, 0.6) is 0 Å². The van der Waals surface area contributed by atoms with Crippen molar-refractivity contribution >= 4 is 10.0 Å². The standard InChI is InChI=1S/C11H24N2O2S/c1-4-6-10-7-11(10)13-16(14,15)9(3)8-12-5-2/h9-13H,4-8H2,1-3H3. The van der Waals surface area contributed by atoms with Crippen LogP contribution < -0.4 is 10.0 Å². The molecule has 0 aliphatic heterocycles. The Balaban J connectivity index is 2.35. The summed E-state index contributed by atoms with van der Waals surface area (Å²) >= 11 is 0. The molecule has 1 rings (SSSR count). The second-order valence-corrected chi connectivity index (χ2v) is 6.80. The smallest absolute Gasteiger partial charge is 0.215 e. The molecule has 1 aliphatic carbocycles. The van der Waals surface area contributed by atoms with Gasteiger partial charge < -0.3 is 5.32 Å². The van der Waals surface area contributed by atoms with Gasteiger partial charge >= 0.3 is 0 Å². The Labute approximate surface area is 99.2 Å². The van der Waals surface area contributed by atoms with E-state index in [4.69, 9.17) is 0 Å². The topological polar surface area (TPSA) is 58.2 Å². The van der Waals surface area contributed by atoms with Gasteiger partial charge in [0.2, 0.25) is 10.0 Å². The van der Waals surface area contributed by atoms with Gasteiger partial charge in [0, 0.05) is 12.6 Å². The van der Waals surface area contributed by atoms with E-state index in [1.54, 1.807) is 6.92 Å². The molecule has 0 saturated heterocycles. The number of hydrogen-bond donors (Lipinski definition) is 2. The number of sulfonamides is 1. The molecular weight excluding hydrogens is 224 g/mol. The van der Waals surface area contributed by atoms with Crippen molar-refractivity contribution in [2.24, 2.45) is 5.92 Å². The van der Waals surface area contributed by atoms with E-state index in [1.807, 2.05) is 6.92 Å². The molecule has 0 aromatic carbocycles. The van der Waals surface area contributed by atoms with Crippen LogP contribution in [0.1, 0.15) is 40.0 Å². The van der Waals surface area contributed by atoms with E-state index >= 15 is 0 Å². The molecule has 3 atom stereocenters. The average Bonchev–Trinajstić information content (AvgIpc) is 2.92. The van der Waals surface area contributed by atoms with Gasteiger partial charge in [-0.1, -0.05) is 20.3 Å². The van der Waals surface area contributed by atoms with E-state index in [9.17, 15) is 8.42 Å². The Morgan fingerprint density at radius 3 is 2.62 bits per heavy atom. The van der Waals surface area contributed by atoms with Crippen molar-refractivity contribution < 1.29 is 8.42 Å². The van der Waals surface area contributed by atoms with Crippen molar-refractivity contribution in [3.8, 4) is 0 Å². The third kappa shape index (κ3) is 4.03. The lowest BCUT2D eigenvalue weighted by Gasteiger charge is -2.14. The minimum absolute atomic E-state index is 0.203. The molecule has 1 aliphatic rings. The second-order valence-electron chi connectivity index (χ2n) is 4.67. The summed E-state index contributed by atoms with van der Waals surface area (Å²) in [6.07, 6.45) is 3.28.